The minimum Gasteiger partial charge on any atom is -0.497 e. The van der Waals surface area contributed by atoms with Crippen molar-refractivity contribution in [3.8, 4) is 17.1 Å². The summed E-state index contributed by atoms with van der Waals surface area (Å²) in [5, 5.41) is 24.5. The van der Waals surface area contributed by atoms with Crippen molar-refractivity contribution in [1.82, 2.24) is 10.1 Å². The summed E-state index contributed by atoms with van der Waals surface area (Å²) in [6.45, 7) is 0.189. The third-order valence-electron chi connectivity index (χ3n) is 4.27. The van der Waals surface area contributed by atoms with Gasteiger partial charge in [-0.3, -0.25) is 0 Å². The van der Waals surface area contributed by atoms with Gasteiger partial charge in [0.25, 0.3) is 0 Å². The molecule has 0 amide bonds. The molecule has 8 heteroatoms. The average Bonchev–Trinajstić information content (AvgIpc) is 3.19. The summed E-state index contributed by atoms with van der Waals surface area (Å²) < 4.78 is 10.4. The highest BCUT2D eigenvalue weighted by Crippen LogP contribution is 2.23. The number of hydrogen-bond donors (Lipinski definition) is 2. The Morgan fingerprint density at radius 1 is 1.21 bits per heavy atom. The summed E-state index contributed by atoms with van der Waals surface area (Å²) in [6.07, 6.45) is -0.0780. The molecular weight excluding hydrogens is 382 g/mol. The number of hydrogen-bond acceptors (Lipinski definition) is 7. The number of anilines is 1. The number of methoxy groups -OCH3 is 1. The number of aryl methyl sites for hydroxylation is 1. The second-order valence-electron chi connectivity index (χ2n) is 6.16. The molecular formula is C20H22ClN3O4. The van der Waals surface area contributed by atoms with Crippen molar-refractivity contribution in [3.63, 3.8) is 0 Å². The van der Waals surface area contributed by atoms with Gasteiger partial charge in [0.1, 0.15) is 12.0 Å². The predicted octanol–water partition coefficient (Wildman–Crippen LogP) is 3.15. The predicted molar refractivity (Wildman–Crippen MR) is 106 cm³/mol. The van der Waals surface area contributed by atoms with E-state index >= 15 is 0 Å². The standard InChI is InChI=1S/C20H22ClN3O4/c1-27-17-7-5-14(6-8-17)20-22-18(28-23-20)9-10-19(26)24(11-12-25)16-4-2-3-15(21)13-16/h2-8,13,19,25-26H,9-12H2,1H3. The maximum absolute atomic E-state index is 10.6. The Balaban J connectivity index is 1.64. The number of halogens is 1. The molecule has 0 spiro atoms. The van der Waals surface area contributed by atoms with Crippen LogP contribution in [0, 0.1) is 0 Å². The summed E-state index contributed by atoms with van der Waals surface area (Å²) >= 11 is 6.03. The quantitative estimate of drug-likeness (QED) is 0.530. The van der Waals surface area contributed by atoms with E-state index < -0.39 is 6.23 Å². The van der Waals surface area contributed by atoms with Crippen molar-refractivity contribution < 1.29 is 19.5 Å². The van der Waals surface area contributed by atoms with E-state index in [1.54, 1.807) is 30.2 Å². The van der Waals surface area contributed by atoms with Crippen LogP contribution in [0.15, 0.2) is 53.1 Å². The Morgan fingerprint density at radius 3 is 2.68 bits per heavy atom. The Kier molecular flexibility index (Phi) is 6.86. The van der Waals surface area contributed by atoms with Crippen LogP contribution in [0.3, 0.4) is 0 Å². The Morgan fingerprint density at radius 2 is 2.00 bits per heavy atom. The highest BCUT2D eigenvalue weighted by molar-refractivity contribution is 6.30. The maximum Gasteiger partial charge on any atom is 0.227 e. The lowest BCUT2D eigenvalue weighted by Crippen LogP contribution is -2.37. The van der Waals surface area contributed by atoms with Crippen molar-refractivity contribution in [3.05, 3.63) is 59.4 Å². The van der Waals surface area contributed by atoms with Crippen LogP contribution in [0.4, 0.5) is 5.69 Å². The van der Waals surface area contributed by atoms with Crippen LogP contribution >= 0.6 is 11.6 Å². The van der Waals surface area contributed by atoms with Gasteiger partial charge < -0.3 is 24.4 Å². The van der Waals surface area contributed by atoms with E-state index in [1.807, 2.05) is 30.3 Å². The van der Waals surface area contributed by atoms with Gasteiger partial charge in [-0.05, 0) is 42.5 Å². The first-order chi connectivity index (χ1) is 13.6. The molecule has 2 aromatic carbocycles. The summed E-state index contributed by atoms with van der Waals surface area (Å²) in [5.74, 6) is 1.66. The van der Waals surface area contributed by atoms with E-state index in [2.05, 4.69) is 10.1 Å². The fourth-order valence-corrected chi connectivity index (χ4v) is 3.02. The molecule has 1 unspecified atom stereocenters. The fraction of sp³-hybridized carbons (Fsp3) is 0.300. The molecule has 0 radical (unpaired) electrons. The van der Waals surface area contributed by atoms with E-state index in [-0.39, 0.29) is 13.2 Å². The molecule has 3 rings (SSSR count). The molecule has 0 aliphatic heterocycles. The van der Waals surface area contributed by atoms with Crippen molar-refractivity contribution in [2.75, 3.05) is 25.2 Å². The molecule has 0 fully saturated rings. The van der Waals surface area contributed by atoms with Gasteiger partial charge in [-0.1, -0.05) is 22.8 Å². The average molecular weight is 404 g/mol. The third-order valence-corrected chi connectivity index (χ3v) is 4.51. The van der Waals surface area contributed by atoms with Crippen LogP contribution in [0.1, 0.15) is 12.3 Å². The van der Waals surface area contributed by atoms with Crippen molar-refractivity contribution in [1.29, 1.82) is 0 Å². The largest absolute Gasteiger partial charge is 0.497 e. The summed E-state index contributed by atoms with van der Waals surface area (Å²) in [6, 6.07) is 14.5. The molecule has 3 aromatic rings. The first kappa shape index (κ1) is 20.1. The number of nitrogens with zero attached hydrogens (tertiary/aromatic N) is 3. The molecule has 0 bridgehead atoms. The number of aromatic nitrogens is 2. The van der Waals surface area contributed by atoms with Gasteiger partial charge >= 0.3 is 0 Å². The summed E-state index contributed by atoms with van der Waals surface area (Å²) in [7, 11) is 1.61. The van der Waals surface area contributed by atoms with Gasteiger partial charge in [0, 0.05) is 35.7 Å². The minimum atomic E-state index is -0.832. The molecule has 2 N–H and O–H groups in total. The number of ether oxygens (including phenoxy) is 1. The van der Waals surface area contributed by atoms with Crippen LogP contribution < -0.4 is 9.64 Å². The highest BCUT2D eigenvalue weighted by Gasteiger charge is 2.18. The zero-order valence-electron chi connectivity index (χ0n) is 15.5. The molecule has 1 heterocycles. The molecule has 7 nitrogen and oxygen atoms in total. The molecule has 1 atom stereocenters. The number of benzene rings is 2. The van der Waals surface area contributed by atoms with E-state index in [9.17, 15) is 10.2 Å². The zero-order valence-corrected chi connectivity index (χ0v) is 16.2. The lowest BCUT2D eigenvalue weighted by atomic mass is 10.2. The Bertz CT molecular complexity index is 885. The smallest absolute Gasteiger partial charge is 0.227 e. The molecule has 0 aliphatic carbocycles. The van der Waals surface area contributed by atoms with Gasteiger partial charge in [0.2, 0.25) is 11.7 Å². The molecule has 1 aromatic heterocycles. The summed E-state index contributed by atoms with van der Waals surface area (Å²) in [5.41, 5.74) is 1.55. The highest BCUT2D eigenvalue weighted by atomic mass is 35.5. The van der Waals surface area contributed by atoms with Gasteiger partial charge in [0.15, 0.2) is 0 Å². The van der Waals surface area contributed by atoms with E-state index in [0.29, 0.717) is 29.6 Å². The molecule has 0 aliphatic rings. The van der Waals surface area contributed by atoms with E-state index in [4.69, 9.17) is 20.9 Å². The number of aliphatic hydroxyl groups is 2. The molecule has 28 heavy (non-hydrogen) atoms. The molecule has 0 saturated carbocycles. The zero-order chi connectivity index (χ0) is 19.9. The Labute approximate surface area is 168 Å². The topological polar surface area (TPSA) is 91.9 Å². The van der Waals surface area contributed by atoms with Gasteiger partial charge in [-0.25, -0.2) is 0 Å². The normalized spacial score (nSPS) is 12.0. The number of aliphatic hydroxyl groups excluding tert-OH is 2. The number of rotatable bonds is 9. The molecule has 0 saturated heterocycles. The van der Waals surface area contributed by atoms with Crippen LogP contribution in [0.5, 0.6) is 5.75 Å². The van der Waals surface area contributed by atoms with Crippen molar-refractivity contribution in [2.24, 2.45) is 0 Å². The van der Waals surface area contributed by atoms with E-state index in [1.165, 1.54) is 0 Å². The van der Waals surface area contributed by atoms with E-state index in [0.717, 1.165) is 17.0 Å². The van der Waals surface area contributed by atoms with Gasteiger partial charge in [0.05, 0.1) is 13.7 Å². The van der Waals surface area contributed by atoms with Gasteiger partial charge in [-0.2, -0.15) is 4.98 Å². The first-order valence-electron chi connectivity index (χ1n) is 8.89. The van der Waals surface area contributed by atoms with Crippen molar-refractivity contribution in [2.45, 2.75) is 19.1 Å². The summed E-state index contributed by atoms with van der Waals surface area (Å²) in [4.78, 5) is 6.07. The van der Waals surface area contributed by atoms with Crippen LogP contribution in [0.25, 0.3) is 11.4 Å². The first-order valence-corrected chi connectivity index (χ1v) is 9.26. The third kappa shape index (κ3) is 5.01. The van der Waals surface area contributed by atoms with Crippen LogP contribution in [-0.2, 0) is 6.42 Å². The fourth-order valence-electron chi connectivity index (χ4n) is 2.83. The van der Waals surface area contributed by atoms with Crippen LogP contribution in [0.2, 0.25) is 5.02 Å². The Hall–Kier alpha value is -2.61. The maximum atomic E-state index is 10.6. The van der Waals surface area contributed by atoms with Crippen molar-refractivity contribution >= 4 is 17.3 Å². The van der Waals surface area contributed by atoms with Crippen LogP contribution in [-0.4, -0.2) is 46.8 Å². The lowest BCUT2D eigenvalue weighted by molar-refractivity contribution is 0.147. The molecule has 148 valence electrons. The minimum absolute atomic E-state index is 0.0915. The lowest BCUT2D eigenvalue weighted by Gasteiger charge is -2.29. The SMILES string of the molecule is COc1ccc(-c2noc(CCC(O)N(CCO)c3cccc(Cl)c3)n2)cc1. The van der Waals surface area contributed by atoms with Gasteiger partial charge in [-0.15, -0.1) is 0 Å². The second kappa shape index (κ2) is 9.54. The monoisotopic (exact) mass is 403 g/mol. The second-order valence-corrected chi connectivity index (χ2v) is 6.59.